The Hall–Kier alpha value is -1.55. The largest absolute Gasteiger partial charge is 0.413 e. The summed E-state index contributed by atoms with van der Waals surface area (Å²) in [5.41, 5.74) is 5.33. The van der Waals surface area contributed by atoms with E-state index >= 15 is 0 Å². The number of rotatable bonds is 13. The molecule has 4 rings (SSSR count). The molecular weight excluding hydrogens is 685 g/mol. The molecule has 3 aliphatic carbocycles. The van der Waals surface area contributed by atoms with Gasteiger partial charge in [-0.25, -0.2) is 0 Å². The molecule has 298 valence electrons. The second kappa shape index (κ2) is 16.9. The standard InChI is InChI=1S/C47H78O4Si2/c1-34(24-27-41(36-21-18-17-19-22-36)46(9,10)49-33-48-12)40-28-29-42-37(23-20-30-47(40,42)11)25-26-38-31-39(50-52(13,14)44(3,4)5)32-43(35(38)2)51-53(15,16)45(6,7)8/h17-19,21-22,24-27,34,39-43H,2,20,23,28-33H2,1,3-16H3/b27-24+,37-25+,38-26-/t34-,39-,40-,41-,42+,43+,47-/m1/s1. The first-order valence-electron chi connectivity index (χ1n) is 20.7. The molecule has 4 nitrogen and oxygen atoms in total. The molecule has 1 aromatic carbocycles. The summed E-state index contributed by atoms with van der Waals surface area (Å²) in [5, 5.41) is 0.304. The minimum atomic E-state index is -2.01. The van der Waals surface area contributed by atoms with Crippen molar-refractivity contribution in [2.75, 3.05) is 13.9 Å². The maximum absolute atomic E-state index is 7.13. The van der Waals surface area contributed by atoms with Gasteiger partial charge in [-0.3, -0.25) is 0 Å². The number of methoxy groups -OCH3 is 1. The molecule has 3 fully saturated rings. The van der Waals surface area contributed by atoms with Crippen molar-refractivity contribution in [3.63, 3.8) is 0 Å². The maximum Gasteiger partial charge on any atom is 0.192 e. The highest BCUT2D eigenvalue weighted by atomic mass is 28.4. The Kier molecular flexibility index (Phi) is 14.1. The van der Waals surface area contributed by atoms with Crippen molar-refractivity contribution >= 4 is 16.6 Å². The highest BCUT2D eigenvalue weighted by Gasteiger charge is 2.50. The fourth-order valence-electron chi connectivity index (χ4n) is 9.03. The quantitative estimate of drug-likeness (QED) is 0.114. The third-order valence-electron chi connectivity index (χ3n) is 14.5. The van der Waals surface area contributed by atoms with Gasteiger partial charge in [0.25, 0.3) is 0 Å². The van der Waals surface area contributed by atoms with E-state index in [1.165, 1.54) is 48.8 Å². The molecule has 7 atom stereocenters. The van der Waals surface area contributed by atoms with Crippen LogP contribution in [0.5, 0.6) is 0 Å². The van der Waals surface area contributed by atoms with E-state index in [9.17, 15) is 0 Å². The first-order valence-corrected chi connectivity index (χ1v) is 26.6. The summed E-state index contributed by atoms with van der Waals surface area (Å²) in [4.78, 5) is 0. The third kappa shape index (κ3) is 10.3. The van der Waals surface area contributed by atoms with E-state index in [0.717, 1.165) is 12.8 Å². The van der Waals surface area contributed by atoms with Gasteiger partial charge >= 0.3 is 0 Å². The van der Waals surface area contributed by atoms with E-state index in [1.54, 1.807) is 12.7 Å². The topological polar surface area (TPSA) is 36.9 Å². The lowest BCUT2D eigenvalue weighted by Gasteiger charge is -2.45. The Labute approximate surface area is 328 Å². The van der Waals surface area contributed by atoms with Crippen LogP contribution in [0.3, 0.4) is 0 Å². The van der Waals surface area contributed by atoms with Crippen molar-refractivity contribution in [2.45, 2.75) is 174 Å². The number of hydrogen-bond acceptors (Lipinski definition) is 4. The SMILES string of the molecule is C=C1/C(=C\C=C2/CCC[C@]3(C)[C@@H]([C@H](C)/C=C/[C@H](c4ccccc4)C(C)(C)OCOC)CC[C@@H]23)C[C@@H](O[Si](C)(C)C(C)(C)C)C[C@@H]1O[Si](C)(C)C(C)(C)C. The van der Waals surface area contributed by atoms with Crippen LogP contribution < -0.4 is 0 Å². The van der Waals surface area contributed by atoms with Crippen molar-refractivity contribution in [1.29, 1.82) is 0 Å². The second-order valence-electron chi connectivity index (χ2n) is 20.6. The zero-order valence-electron chi connectivity index (χ0n) is 36.7. The molecular formula is C47H78O4Si2. The lowest BCUT2D eigenvalue weighted by atomic mass is 9.61. The van der Waals surface area contributed by atoms with Crippen molar-refractivity contribution in [1.82, 2.24) is 0 Å². The van der Waals surface area contributed by atoms with Gasteiger partial charge in [0.2, 0.25) is 0 Å². The third-order valence-corrected chi connectivity index (χ3v) is 23.5. The summed E-state index contributed by atoms with van der Waals surface area (Å²) in [7, 11) is -2.27. The van der Waals surface area contributed by atoms with Gasteiger partial charge in [-0.15, -0.1) is 0 Å². The van der Waals surface area contributed by atoms with E-state index in [1.807, 2.05) is 0 Å². The van der Waals surface area contributed by atoms with Crippen LogP contribution in [0.1, 0.15) is 126 Å². The van der Waals surface area contributed by atoms with Crippen LogP contribution in [0, 0.1) is 23.2 Å². The lowest BCUT2D eigenvalue weighted by Crippen LogP contribution is -2.49. The fraction of sp³-hybridized carbons (Fsp3) is 0.702. The predicted octanol–water partition coefficient (Wildman–Crippen LogP) is 13.6. The van der Waals surface area contributed by atoms with Crippen molar-refractivity contribution in [2.24, 2.45) is 23.2 Å². The molecule has 0 spiro atoms. The van der Waals surface area contributed by atoms with Gasteiger partial charge in [0.05, 0.1) is 17.8 Å². The second-order valence-corrected chi connectivity index (χ2v) is 30.2. The van der Waals surface area contributed by atoms with Crippen molar-refractivity contribution in [3.8, 4) is 0 Å². The van der Waals surface area contributed by atoms with Crippen LogP contribution in [0.4, 0.5) is 0 Å². The van der Waals surface area contributed by atoms with E-state index < -0.39 is 22.2 Å². The Balaban J connectivity index is 1.60. The molecule has 0 bridgehead atoms. The molecule has 0 aliphatic heterocycles. The monoisotopic (exact) mass is 763 g/mol. The van der Waals surface area contributed by atoms with E-state index in [4.69, 9.17) is 24.9 Å². The average molecular weight is 763 g/mol. The predicted molar refractivity (Wildman–Crippen MR) is 231 cm³/mol. The molecule has 53 heavy (non-hydrogen) atoms. The molecule has 0 N–H and O–H groups in total. The highest BCUT2D eigenvalue weighted by Crippen LogP contribution is 2.60. The zero-order valence-corrected chi connectivity index (χ0v) is 38.7. The minimum Gasteiger partial charge on any atom is -0.413 e. The number of hydrogen-bond donors (Lipinski definition) is 0. The lowest BCUT2D eigenvalue weighted by molar-refractivity contribution is -0.119. The summed E-state index contributed by atoms with van der Waals surface area (Å²) in [6, 6.07) is 10.8. The van der Waals surface area contributed by atoms with Crippen LogP contribution >= 0.6 is 0 Å². The Bertz CT molecular complexity index is 1470. The molecule has 0 saturated heterocycles. The summed E-state index contributed by atoms with van der Waals surface area (Å²) >= 11 is 0. The van der Waals surface area contributed by atoms with Gasteiger partial charge in [-0.05, 0) is 129 Å². The van der Waals surface area contributed by atoms with Crippen LogP contribution in [0.2, 0.25) is 36.3 Å². The Morgan fingerprint density at radius 1 is 0.887 bits per heavy atom. The highest BCUT2D eigenvalue weighted by molar-refractivity contribution is 6.74. The average Bonchev–Trinajstić information content (AvgIpc) is 3.41. The molecule has 0 amide bonds. The first-order chi connectivity index (χ1) is 24.4. The first kappa shape index (κ1) is 44.2. The molecule has 0 unspecified atom stereocenters. The molecule has 3 saturated carbocycles. The number of allylic oxidation sites excluding steroid dienone is 4. The maximum atomic E-state index is 7.13. The summed E-state index contributed by atoms with van der Waals surface area (Å²) in [6.45, 7) is 38.0. The van der Waals surface area contributed by atoms with Crippen LogP contribution in [-0.2, 0) is 18.3 Å². The van der Waals surface area contributed by atoms with Gasteiger partial charge < -0.3 is 18.3 Å². The summed E-state index contributed by atoms with van der Waals surface area (Å²) in [5.74, 6) is 1.88. The number of ether oxygens (including phenoxy) is 2. The fourth-order valence-corrected chi connectivity index (χ4v) is 11.7. The summed E-state index contributed by atoms with van der Waals surface area (Å²) in [6.07, 6.45) is 18.2. The van der Waals surface area contributed by atoms with E-state index in [2.05, 4.69) is 150 Å². The van der Waals surface area contributed by atoms with E-state index in [-0.39, 0.29) is 35.0 Å². The molecule has 0 radical (unpaired) electrons. The van der Waals surface area contributed by atoms with Crippen LogP contribution in [0.15, 0.2) is 77.9 Å². The normalized spacial score (nSPS) is 29.2. The smallest absolute Gasteiger partial charge is 0.192 e. The molecule has 1 aromatic rings. The van der Waals surface area contributed by atoms with Crippen molar-refractivity contribution < 1.29 is 18.3 Å². The van der Waals surface area contributed by atoms with Crippen LogP contribution in [-0.4, -0.2) is 48.3 Å². The Morgan fingerprint density at radius 2 is 1.51 bits per heavy atom. The Morgan fingerprint density at radius 3 is 2.11 bits per heavy atom. The van der Waals surface area contributed by atoms with Crippen molar-refractivity contribution in [3.05, 3.63) is 83.5 Å². The van der Waals surface area contributed by atoms with Crippen LogP contribution in [0.25, 0.3) is 0 Å². The molecule has 0 heterocycles. The number of fused-ring (bicyclic) bond motifs is 1. The van der Waals surface area contributed by atoms with Gasteiger partial charge in [0.15, 0.2) is 16.6 Å². The minimum absolute atomic E-state index is 0.00812. The van der Waals surface area contributed by atoms with Gasteiger partial charge in [-0.2, -0.15) is 0 Å². The zero-order chi connectivity index (χ0) is 39.6. The van der Waals surface area contributed by atoms with E-state index in [0.29, 0.717) is 23.2 Å². The van der Waals surface area contributed by atoms with Gasteiger partial charge in [0.1, 0.15) is 6.79 Å². The van der Waals surface area contributed by atoms with Gasteiger partial charge in [0, 0.05) is 19.4 Å². The summed E-state index contributed by atoms with van der Waals surface area (Å²) < 4.78 is 25.8. The van der Waals surface area contributed by atoms with Gasteiger partial charge in [-0.1, -0.05) is 122 Å². The number of benzene rings is 1. The molecule has 6 heteroatoms. The molecule has 0 aromatic heterocycles. The molecule has 3 aliphatic rings.